The average Bonchev–Trinajstić information content (AvgIpc) is 3.02. The van der Waals surface area contributed by atoms with Gasteiger partial charge in [0, 0.05) is 29.6 Å². The minimum absolute atomic E-state index is 0.0282. The van der Waals surface area contributed by atoms with Crippen molar-refractivity contribution >= 4 is 17.5 Å². The Hall–Kier alpha value is -2.12. The zero-order chi connectivity index (χ0) is 20.4. The first-order valence-corrected chi connectivity index (χ1v) is 10.7. The van der Waals surface area contributed by atoms with Gasteiger partial charge in [0.15, 0.2) is 0 Å². The number of anilines is 1. The lowest BCUT2D eigenvalue weighted by molar-refractivity contribution is -0.142. The van der Waals surface area contributed by atoms with Gasteiger partial charge >= 0.3 is 0 Å². The maximum Gasteiger partial charge on any atom is 0.227 e. The zero-order valence-corrected chi connectivity index (χ0v) is 16.9. The highest BCUT2D eigenvalue weighted by atomic mass is 16.6. The number of hydrogen-bond acceptors (Lipinski definition) is 5. The summed E-state index contributed by atoms with van der Waals surface area (Å²) in [4.78, 5) is 24.4. The molecule has 7 heteroatoms. The monoisotopic (exact) mass is 402 g/mol. The van der Waals surface area contributed by atoms with E-state index < -0.39 is 6.10 Å². The molecule has 4 atom stereocenters. The summed E-state index contributed by atoms with van der Waals surface area (Å²) in [5, 5.41) is 15.7. The van der Waals surface area contributed by atoms with Gasteiger partial charge in [-0.2, -0.15) is 0 Å². The van der Waals surface area contributed by atoms with Gasteiger partial charge in [0.05, 0.1) is 19.1 Å². The Bertz CT molecular complexity index is 764. The van der Waals surface area contributed by atoms with Crippen LogP contribution < -0.4 is 15.4 Å². The molecule has 4 rings (SSSR count). The van der Waals surface area contributed by atoms with Crippen LogP contribution >= 0.6 is 0 Å². The Morgan fingerprint density at radius 1 is 1.28 bits per heavy atom. The number of carbonyl (C=O) groups excluding carboxylic acids is 2. The van der Waals surface area contributed by atoms with Gasteiger partial charge in [0.25, 0.3) is 0 Å². The van der Waals surface area contributed by atoms with Crippen LogP contribution in [0.5, 0.6) is 5.75 Å². The Balaban J connectivity index is 1.47. The number of rotatable bonds is 7. The van der Waals surface area contributed by atoms with Crippen LogP contribution in [0, 0.1) is 5.92 Å². The molecule has 29 heavy (non-hydrogen) atoms. The quantitative estimate of drug-likeness (QED) is 0.650. The van der Waals surface area contributed by atoms with Crippen molar-refractivity contribution in [2.75, 3.05) is 18.5 Å². The first-order valence-electron chi connectivity index (χ1n) is 10.7. The third-order valence-electron chi connectivity index (χ3n) is 6.23. The van der Waals surface area contributed by atoms with Crippen LogP contribution in [0.2, 0.25) is 0 Å². The summed E-state index contributed by atoms with van der Waals surface area (Å²) in [5.74, 6) is 0.963. The Morgan fingerprint density at radius 3 is 2.79 bits per heavy atom. The Morgan fingerprint density at radius 2 is 2.10 bits per heavy atom. The van der Waals surface area contributed by atoms with Gasteiger partial charge in [-0.05, 0) is 43.9 Å². The maximum atomic E-state index is 12.3. The van der Waals surface area contributed by atoms with Gasteiger partial charge in [-0.1, -0.05) is 13.3 Å². The van der Waals surface area contributed by atoms with Crippen LogP contribution in [0.1, 0.15) is 56.9 Å². The number of carbonyl (C=O) groups is 2. The molecule has 0 bridgehead atoms. The first kappa shape index (κ1) is 20.2. The highest BCUT2D eigenvalue weighted by molar-refractivity contribution is 5.93. The van der Waals surface area contributed by atoms with Crippen molar-refractivity contribution in [3.8, 4) is 5.75 Å². The lowest BCUT2D eigenvalue weighted by Gasteiger charge is -2.37. The van der Waals surface area contributed by atoms with E-state index in [-0.39, 0.29) is 48.9 Å². The molecule has 2 heterocycles. The van der Waals surface area contributed by atoms with E-state index in [0.717, 1.165) is 42.7 Å². The minimum atomic E-state index is -0.474. The molecule has 2 fully saturated rings. The number of aliphatic hydroxyl groups excluding tert-OH is 1. The largest absolute Gasteiger partial charge is 0.487 e. The predicted octanol–water partition coefficient (Wildman–Crippen LogP) is 2.34. The summed E-state index contributed by atoms with van der Waals surface area (Å²) in [7, 11) is 0. The lowest BCUT2D eigenvalue weighted by atomic mass is 9.83. The number of benzene rings is 1. The smallest absolute Gasteiger partial charge is 0.227 e. The second kappa shape index (κ2) is 8.71. The topological polar surface area (TPSA) is 96.9 Å². The molecule has 2 amide bonds. The molecule has 0 aromatic heterocycles. The fourth-order valence-corrected chi connectivity index (χ4v) is 4.43. The highest BCUT2D eigenvalue weighted by Crippen LogP contribution is 2.47. The maximum absolute atomic E-state index is 12.3. The van der Waals surface area contributed by atoms with Gasteiger partial charge in [-0.3, -0.25) is 9.59 Å². The number of ether oxygens (including phenoxy) is 2. The van der Waals surface area contributed by atoms with Crippen molar-refractivity contribution in [1.29, 1.82) is 0 Å². The van der Waals surface area contributed by atoms with Crippen molar-refractivity contribution < 1.29 is 24.2 Å². The van der Waals surface area contributed by atoms with Gasteiger partial charge in [0.1, 0.15) is 18.0 Å². The summed E-state index contributed by atoms with van der Waals surface area (Å²) in [6.45, 7) is 2.50. The van der Waals surface area contributed by atoms with E-state index in [1.165, 1.54) is 0 Å². The fraction of sp³-hybridized carbons (Fsp3) is 0.636. The average molecular weight is 402 g/mol. The third-order valence-corrected chi connectivity index (χ3v) is 6.23. The second-order valence-corrected chi connectivity index (χ2v) is 8.33. The van der Waals surface area contributed by atoms with Crippen molar-refractivity contribution in [3.63, 3.8) is 0 Å². The number of hydrogen-bond donors (Lipinski definition) is 3. The van der Waals surface area contributed by atoms with Crippen molar-refractivity contribution in [2.24, 2.45) is 5.92 Å². The van der Waals surface area contributed by atoms with Crippen LogP contribution in [-0.4, -0.2) is 48.4 Å². The minimum Gasteiger partial charge on any atom is -0.487 e. The second-order valence-electron chi connectivity index (χ2n) is 8.33. The molecule has 7 nitrogen and oxygen atoms in total. The van der Waals surface area contributed by atoms with Crippen molar-refractivity contribution in [2.45, 2.75) is 69.7 Å². The molecule has 1 aromatic carbocycles. The fourth-order valence-electron chi connectivity index (χ4n) is 4.43. The molecule has 1 aromatic rings. The summed E-state index contributed by atoms with van der Waals surface area (Å²) >= 11 is 0. The molecule has 0 radical (unpaired) electrons. The number of aliphatic hydroxyl groups is 1. The van der Waals surface area contributed by atoms with E-state index >= 15 is 0 Å². The van der Waals surface area contributed by atoms with E-state index in [0.29, 0.717) is 13.0 Å². The standard InChI is InChI=1S/C22H30N2O5/c1-2-8-23-20(26)11-15-10-17-16-9-14(24-22(27)13-4-3-5-13)6-7-18(16)29-21(17)19(12-25)28-15/h6-7,9,13,15,17,19,21,25H,2-5,8,10-12H2,1H3,(H,23,26)(H,24,27)/t15-,17+,19+,21-/m0/s1. The van der Waals surface area contributed by atoms with E-state index in [2.05, 4.69) is 10.6 Å². The molecular weight excluding hydrogens is 372 g/mol. The molecule has 1 saturated heterocycles. The summed E-state index contributed by atoms with van der Waals surface area (Å²) in [6.07, 6.45) is 3.83. The van der Waals surface area contributed by atoms with E-state index in [1.807, 2.05) is 25.1 Å². The molecule has 0 spiro atoms. The molecular formula is C22H30N2O5. The Labute approximate surface area is 171 Å². The highest BCUT2D eigenvalue weighted by Gasteiger charge is 2.46. The number of nitrogens with one attached hydrogen (secondary N) is 2. The third kappa shape index (κ3) is 4.26. The van der Waals surface area contributed by atoms with Crippen LogP contribution in [0.3, 0.4) is 0 Å². The summed E-state index contributed by atoms with van der Waals surface area (Å²) in [6, 6.07) is 5.71. The predicted molar refractivity (Wildman–Crippen MR) is 108 cm³/mol. The molecule has 3 aliphatic rings. The van der Waals surface area contributed by atoms with E-state index in [9.17, 15) is 14.7 Å². The Kier molecular flexibility index (Phi) is 6.06. The molecule has 1 saturated carbocycles. The summed E-state index contributed by atoms with van der Waals surface area (Å²) in [5.41, 5.74) is 1.79. The van der Waals surface area contributed by atoms with Crippen LogP contribution in [0.25, 0.3) is 0 Å². The number of amides is 2. The van der Waals surface area contributed by atoms with Gasteiger partial charge in [-0.15, -0.1) is 0 Å². The van der Waals surface area contributed by atoms with Gasteiger partial charge in [-0.25, -0.2) is 0 Å². The molecule has 158 valence electrons. The summed E-state index contributed by atoms with van der Waals surface area (Å²) < 4.78 is 12.0. The van der Waals surface area contributed by atoms with E-state index in [4.69, 9.17) is 9.47 Å². The van der Waals surface area contributed by atoms with Gasteiger partial charge in [0.2, 0.25) is 11.8 Å². The molecule has 1 aliphatic carbocycles. The van der Waals surface area contributed by atoms with Crippen LogP contribution in [-0.2, 0) is 14.3 Å². The molecule has 0 unspecified atom stereocenters. The van der Waals surface area contributed by atoms with Crippen molar-refractivity contribution in [1.82, 2.24) is 5.32 Å². The lowest BCUT2D eigenvalue weighted by Crippen LogP contribution is -2.47. The van der Waals surface area contributed by atoms with Crippen molar-refractivity contribution in [3.05, 3.63) is 23.8 Å². The molecule has 3 N–H and O–H groups in total. The number of fused-ring (bicyclic) bond motifs is 3. The van der Waals surface area contributed by atoms with Crippen LogP contribution in [0.4, 0.5) is 5.69 Å². The van der Waals surface area contributed by atoms with Gasteiger partial charge < -0.3 is 25.2 Å². The van der Waals surface area contributed by atoms with E-state index in [1.54, 1.807) is 0 Å². The SMILES string of the molecule is CCCNC(=O)C[C@@H]1C[C@@H]2c3cc(NC(=O)C4CCC4)ccc3O[C@@H]2[C@@H](CO)O1. The first-order chi connectivity index (χ1) is 14.1. The van der Waals surface area contributed by atoms with Crippen LogP contribution in [0.15, 0.2) is 18.2 Å². The normalized spacial score (nSPS) is 27.9. The zero-order valence-electron chi connectivity index (χ0n) is 16.9. The molecule has 2 aliphatic heterocycles.